The number of pyridine rings is 1. The molecule has 1 nitrogen and oxygen atoms in total. The predicted octanol–water partition coefficient (Wildman–Crippen LogP) is 7.03. The summed E-state index contributed by atoms with van der Waals surface area (Å²) in [5, 5.41) is 1.69. The average Bonchev–Trinajstić information content (AvgIpc) is 2.97. The maximum absolute atomic E-state index is 14.6. The lowest BCUT2D eigenvalue weighted by Crippen LogP contribution is -2.39. The van der Waals surface area contributed by atoms with E-state index in [1.807, 2.05) is 30.3 Å². The van der Waals surface area contributed by atoms with Gasteiger partial charge in [0, 0.05) is 28.8 Å². The van der Waals surface area contributed by atoms with Gasteiger partial charge in [0.1, 0.15) is 17.0 Å². The first-order valence-corrected chi connectivity index (χ1v) is 9.27. The maximum Gasteiger partial charge on any atom is 0.402 e. The minimum Gasteiger partial charge on any atom is -0.256 e. The molecule has 1 aliphatic rings. The Kier molecular flexibility index (Phi) is 3.81. The van der Waals surface area contributed by atoms with Crippen LogP contribution >= 0.6 is 0 Å². The van der Waals surface area contributed by atoms with Crippen molar-refractivity contribution in [2.24, 2.45) is 0 Å². The molecule has 3 aromatic carbocycles. The standard InChI is InChI=1S/C24H14F5N/c1-23(24(27,28)29)19-10-14(22-16-5-3-2-4-13(16)8-9-30-22)6-7-17(19)18-11-15(25)12-20(26)21(18)23/h2-12H,1H3. The lowest BCUT2D eigenvalue weighted by Gasteiger charge is -2.30. The minimum absolute atomic E-state index is 0.0697. The molecule has 0 aliphatic heterocycles. The smallest absolute Gasteiger partial charge is 0.256 e. The summed E-state index contributed by atoms with van der Waals surface area (Å²) in [6.07, 6.45) is -3.19. The second kappa shape index (κ2) is 6.11. The molecule has 4 aromatic rings. The monoisotopic (exact) mass is 411 g/mol. The number of benzene rings is 3. The summed E-state index contributed by atoms with van der Waals surface area (Å²) < 4.78 is 71.4. The molecular weight excluding hydrogens is 397 g/mol. The highest BCUT2D eigenvalue weighted by atomic mass is 19.4. The van der Waals surface area contributed by atoms with Crippen LogP contribution in [0.1, 0.15) is 18.1 Å². The highest BCUT2D eigenvalue weighted by Gasteiger charge is 2.59. The Hall–Kier alpha value is -3.28. The summed E-state index contributed by atoms with van der Waals surface area (Å²) in [7, 11) is 0. The fourth-order valence-electron chi connectivity index (χ4n) is 4.41. The normalized spacial score (nSPS) is 17.8. The van der Waals surface area contributed by atoms with Gasteiger partial charge in [0.15, 0.2) is 0 Å². The zero-order valence-electron chi connectivity index (χ0n) is 15.7. The van der Waals surface area contributed by atoms with E-state index in [1.165, 1.54) is 12.1 Å². The summed E-state index contributed by atoms with van der Waals surface area (Å²) >= 11 is 0. The van der Waals surface area contributed by atoms with E-state index in [9.17, 15) is 22.0 Å². The topological polar surface area (TPSA) is 12.9 Å². The Bertz CT molecular complexity index is 1320. The van der Waals surface area contributed by atoms with E-state index in [0.29, 0.717) is 17.3 Å². The highest BCUT2D eigenvalue weighted by molar-refractivity contribution is 5.95. The van der Waals surface area contributed by atoms with Gasteiger partial charge in [-0.25, -0.2) is 8.78 Å². The number of alkyl halides is 3. The molecule has 1 unspecified atom stereocenters. The van der Waals surface area contributed by atoms with Crippen LogP contribution in [-0.2, 0) is 5.41 Å². The highest BCUT2D eigenvalue weighted by Crippen LogP contribution is 2.57. The number of hydrogen-bond donors (Lipinski definition) is 0. The van der Waals surface area contributed by atoms with Crippen molar-refractivity contribution in [3.63, 3.8) is 0 Å². The van der Waals surface area contributed by atoms with E-state index >= 15 is 0 Å². The zero-order valence-corrected chi connectivity index (χ0v) is 15.7. The number of halogens is 5. The lowest BCUT2D eigenvalue weighted by molar-refractivity contribution is -0.172. The SMILES string of the molecule is CC1(C(F)(F)F)c2cc(-c3nccc4ccccc34)ccc2-c2cc(F)cc(F)c21. The van der Waals surface area contributed by atoms with Crippen molar-refractivity contribution < 1.29 is 22.0 Å². The van der Waals surface area contributed by atoms with E-state index in [1.54, 1.807) is 12.3 Å². The predicted molar refractivity (Wildman–Crippen MR) is 105 cm³/mol. The van der Waals surface area contributed by atoms with E-state index in [0.717, 1.165) is 23.8 Å². The molecule has 0 bridgehead atoms. The van der Waals surface area contributed by atoms with Gasteiger partial charge in [0.25, 0.3) is 0 Å². The summed E-state index contributed by atoms with van der Waals surface area (Å²) in [6.45, 7) is 0.943. The average molecular weight is 411 g/mol. The molecular formula is C24H14F5N. The van der Waals surface area contributed by atoms with Crippen LogP contribution in [0.5, 0.6) is 0 Å². The molecule has 1 heterocycles. The molecule has 0 spiro atoms. The van der Waals surface area contributed by atoms with Gasteiger partial charge in [-0.05, 0) is 47.2 Å². The third-order valence-corrected chi connectivity index (χ3v) is 5.92. The van der Waals surface area contributed by atoms with Gasteiger partial charge in [0.2, 0.25) is 0 Å². The van der Waals surface area contributed by atoms with Crippen molar-refractivity contribution in [2.45, 2.75) is 18.5 Å². The molecule has 5 rings (SSSR count). The van der Waals surface area contributed by atoms with Gasteiger partial charge < -0.3 is 0 Å². The number of nitrogens with zero attached hydrogens (tertiary/aromatic N) is 1. The van der Waals surface area contributed by atoms with Crippen LogP contribution in [0.25, 0.3) is 33.2 Å². The molecule has 1 aliphatic carbocycles. The Morgan fingerprint density at radius 2 is 1.63 bits per heavy atom. The van der Waals surface area contributed by atoms with Crippen molar-refractivity contribution in [2.75, 3.05) is 0 Å². The molecule has 0 N–H and O–H groups in total. The third kappa shape index (κ3) is 2.43. The molecule has 150 valence electrons. The Morgan fingerprint density at radius 1 is 0.867 bits per heavy atom. The number of rotatable bonds is 1. The maximum atomic E-state index is 14.6. The van der Waals surface area contributed by atoms with Crippen LogP contribution in [0.2, 0.25) is 0 Å². The van der Waals surface area contributed by atoms with Gasteiger partial charge in [-0.3, -0.25) is 4.98 Å². The van der Waals surface area contributed by atoms with E-state index in [-0.39, 0.29) is 16.7 Å². The fourth-order valence-corrected chi connectivity index (χ4v) is 4.41. The largest absolute Gasteiger partial charge is 0.402 e. The summed E-state index contributed by atoms with van der Waals surface area (Å²) in [5.74, 6) is -2.12. The summed E-state index contributed by atoms with van der Waals surface area (Å²) in [4.78, 5) is 4.38. The first-order valence-electron chi connectivity index (χ1n) is 9.27. The number of fused-ring (bicyclic) bond motifs is 4. The van der Waals surface area contributed by atoms with Crippen LogP contribution in [0.15, 0.2) is 66.9 Å². The minimum atomic E-state index is -4.78. The molecule has 0 fully saturated rings. The Labute approximate surface area is 168 Å². The molecule has 30 heavy (non-hydrogen) atoms. The van der Waals surface area contributed by atoms with Crippen LogP contribution in [0.4, 0.5) is 22.0 Å². The molecule has 0 amide bonds. The lowest BCUT2D eigenvalue weighted by atomic mass is 9.78. The Balaban J connectivity index is 1.82. The van der Waals surface area contributed by atoms with E-state index < -0.39 is 28.8 Å². The number of aromatic nitrogens is 1. The van der Waals surface area contributed by atoms with Crippen LogP contribution in [-0.4, -0.2) is 11.2 Å². The summed E-state index contributed by atoms with van der Waals surface area (Å²) in [5.41, 5.74) is -2.14. The van der Waals surface area contributed by atoms with E-state index in [4.69, 9.17) is 0 Å². The second-order valence-electron chi connectivity index (χ2n) is 7.57. The molecule has 6 heteroatoms. The third-order valence-electron chi connectivity index (χ3n) is 5.92. The quantitative estimate of drug-likeness (QED) is 0.307. The number of hydrogen-bond acceptors (Lipinski definition) is 1. The molecule has 0 radical (unpaired) electrons. The summed E-state index contributed by atoms with van der Waals surface area (Å²) in [6, 6.07) is 15.2. The molecule has 1 atom stereocenters. The van der Waals surface area contributed by atoms with Crippen LogP contribution in [0.3, 0.4) is 0 Å². The van der Waals surface area contributed by atoms with Gasteiger partial charge >= 0.3 is 6.18 Å². The Morgan fingerprint density at radius 3 is 2.40 bits per heavy atom. The van der Waals surface area contributed by atoms with Gasteiger partial charge in [0.05, 0.1) is 5.69 Å². The van der Waals surface area contributed by atoms with Crippen molar-refractivity contribution >= 4 is 10.8 Å². The van der Waals surface area contributed by atoms with Crippen molar-refractivity contribution in [1.29, 1.82) is 0 Å². The van der Waals surface area contributed by atoms with Gasteiger partial charge in [-0.2, -0.15) is 13.2 Å². The molecule has 0 saturated heterocycles. The fraction of sp³-hybridized carbons (Fsp3) is 0.125. The van der Waals surface area contributed by atoms with E-state index in [2.05, 4.69) is 4.98 Å². The van der Waals surface area contributed by atoms with Crippen molar-refractivity contribution in [1.82, 2.24) is 4.98 Å². The first kappa shape index (κ1) is 18.7. The van der Waals surface area contributed by atoms with Gasteiger partial charge in [-0.15, -0.1) is 0 Å². The first-order chi connectivity index (χ1) is 14.2. The molecule has 1 aromatic heterocycles. The van der Waals surface area contributed by atoms with Crippen molar-refractivity contribution in [3.8, 4) is 22.4 Å². The van der Waals surface area contributed by atoms with Crippen molar-refractivity contribution in [3.05, 3.63) is 89.6 Å². The van der Waals surface area contributed by atoms with Crippen LogP contribution < -0.4 is 0 Å². The van der Waals surface area contributed by atoms with Crippen LogP contribution in [0, 0.1) is 11.6 Å². The van der Waals surface area contributed by atoms with Gasteiger partial charge in [-0.1, -0.05) is 36.4 Å². The molecule has 0 saturated carbocycles. The second-order valence-corrected chi connectivity index (χ2v) is 7.57. The zero-order chi connectivity index (χ0) is 21.3.